The number of aromatic nitrogens is 4. The molecule has 3 aromatic rings. The molecule has 1 saturated heterocycles. The van der Waals surface area contributed by atoms with Crippen molar-refractivity contribution in [2.75, 3.05) is 18.4 Å². The summed E-state index contributed by atoms with van der Waals surface area (Å²) in [6.45, 7) is 3.41. The number of hydrogen-bond donors (Lipinski definition) is 2. The molecular formula is C21H24N6O. The molecule has 0 atom stereocenters. The van der Waals surface area contributed by atoms with E-state index in [0.717, 1.165) is 48.8 Å². The van der Waals surface area contributed by atoms with Gasteiger partial charge in [-0.2, -0.15) is 5.10 Å². The van der Waals surface area contributed by atoms with E-state index in [2.05, 4.69) is 37.6 Å². The Balaban J connectivity index is 1.29. The second kappa shape index (κ2) is 8.21. The highest BCUT2D eigenvalue weighted by molar-refractivity contribution is 5.89. The molecule has 4 rings (SSSR count). The van der Waals surface area contributed by atoms with Gasteiger partial charge >= 0.3 is 6.03 Å². The predicted molar refractivity (Wildman–Crippen MR) is 107 cm³/mol. The predicted octanol–water partition coefficient (Wildman–Crippen LogP) is 3.51. The first-order valence-corrected chi connectivity index (χ1v) is 9.60. The quantitative estimate of drug-likeness (QED) is 0.729. The Morgan fingerprint density at radius 2 is 1.86 bits per heavy atom. The number of H-pyrrole nitrogens is 1. The van der Waals surface area contributed by atoms with Crippen LogP contribution >= 0.6 is 0 Å². The standard InChI is InChI=1S/C21H24N6O/c1-15-23-20(26-25-15)14-16-2-4-19(5-3-16)24-21(28)27-12-8-18(9-13-27)17-6-10-22-11-7-17/h2-7,10-11,18H,8-9,12-14H2,1H3,(H,24,28)(H,23,25,26). The topological polar surface area (TPSA) is 86.8 Å². The summed E-state index contributed by atoms with van der Waals surface area (Å²) in [6, 6.07) is 12.0. The van der Waals surface area contributed by atoms with Gasteiger partial charge in [0.05, 0.1) is 0 Å². The number of carbonyl (C=O) groups is 1. The second-order valence-corrected chi connectivity index (χ2v) is 7.18. The van der Waals surface area contributed by atoms with Gasteiger partial charge in [-0.05, 0) is 61.1 Å². The van der Waals surface area contributed by atoms with Crippen molar-refractivity contribution in [3.8, 4) is 0 Å². The maximum atomic E-state index is 12.6. The number of carbonyl (C=O) groups excluding carboxylic acids is 1. The van der Waals surface area contributed by atoms with Crippen LogP contribution in [0.5, 0.6) is 0 Å². The summed E-state index contributed by atoms with van der Waals surface area (Å²) in [6.07, 6.45) is 6.29. The highest BCUT2D eigenvalue weighted by Gasteiger charge is 2.23. The first-order valence-electron chi connectivity index (χ1n) is 9.60. The number of aryl methyl sites for hydroxylation is 1. The van der Waals surface area contributed by atoms with E-state index in [0.29, 0.717) is 12.3 Å². The Morgan fingerprint density at radius 1 is 1.14 bits per heavy atom. The minimum absolute atomic E-state index is 0.0366. The molecule has 1 fully saturated rings. The largest absolute Gasteiger partial charge is 0.324 e. The monoisotopic (exact) mass is 376 g/mol. The van der Waals surface area contributed by atoms with Gasteiger partial charge in [0.15, 0.2) is 5.82 Å². The van der Waals surface area contributed by atoms with E-state index in [9.17, 15) is 4.79 Å². The molecule has 144 valence electrons. The molecule has 1 aliphatic rings. The summed E-state index contributed by atoms with van der Waals surface area (Å²) in [5, 5.41) is 10.0. The maximum Gasteiger partial charge on any atom is 0.321 e. The molecule has 28 heavy (non-hydrogen) atoms. The number of likely N-dealkylation sites (tertiary alicyclic amines) is 1. The van der Waals surface area contributed by atoms with Crippen LogP contribution in [-0.2, 0) is 6.42 Å². The zero-order valence-corrected chi connectivity index (χ0v) is 15.9. The molecule has 0 spiro atoms. The molecule has 0 radical (unpaired) electrons. The fourth-order valence-electron chi connectivity index (χ4n) is 3.61. The summed E-state index contributed by atoms with van der Waals surface area (Å²) >= 11 is 0. The molecule has 1 aromatic carbocycles. The van der Waals surface area contributed by atoms with Gasteiger partial charge in [0.25, 0.3) is 0 Å². The number of urea groups is 1. The minimum atomic E-state index is -0.0366. The molecule has 0 aliphatic carbocycles. The Kier molecular flexibility index (Phi) is 5.32. The lowest BCUT2D eigenvalue weighted by atomic mass is 9.90. The molecule has 2 N–H and O–H groups in total. The Hall–Kier alpha value is -3.22. The molecule has 2 aromatic heterocycles. The Labute approximate surface area is 164 Å². The number of amides is 2. The van der Waals surface area contributed by atoms with E-state index >= 15 is 0 Å². The van der Waals surface area contributed by atoms with Crippen LogP contribution in [0.15, 0.2) is 48.8 Å². The van der Waals surface area contributed by atoms with E-state index in [1.165, 1.54) is 5.56 Å². The van der Waals surface area contributed by atoms with Crippen LogP contribution in [0.4, 0.5) is 10.5 Å². The van der Waals surface area contributed by atoms with Crippen molar-refractivity contribution in [3.63, 3.8) is 0 Å². The van der Waals surface area contributed by atoms with E-state index in [-0.39, 0.29) is 6.03 Å². The van der Waals surface area contributed by atoms with Crippen molar-refractivity contribution in [2.45, 2.75) is 32.1 Å². The molecule has 7 nitrogen and oxygen atoms in total. The zero-order valence-electron chi connectivity index (χ0n) is 15.9. The van der Waals surface area contributed by atoms with Crippen molar-refractivity contribution in [1.82, 2.24) is 25.1 Å². The SMILES string of the molecule is Cc1nc(Cc2ccc(NC(=O)N3CCC(c4ccncc4)CC3)cc2)n[nH]1. The van der Waals surface area contributed by atoms with Crippen molar-refractivity contribution in [2.24, 2.45) is 0 Å². The van der Waals surface area contributed by atoms with Gasteiger partial charge < -0.3 is 10.2 Å². The number of nitrogens with one attached hydrogen (secondary N) is 2. The maximum absolute atomic E-state index is 12.6. The summed E-state index contributed by atoms with van der Waals surface area (Å²) in [4.78, 5) is 22.9. The van der Waals surface area contributed by atoms with Crippen molar-refractivity contribution >= 4 is 11.7 Å². The van der Waals surface area contributed by atoms with Crippen molar-refractivity contribution < 1.29 is 4.79 Å². The third-order valence-electron chi connectivity index (χ3n) is 5.17. The number of anilines is 1. The Morgan fingerprint density at radius 3 is 2.50 bits per heavy atom. The summed E-state index contributed by atoms with van der Waals surface area (Å²) < 4.78 is 0. The molecule has 2 amide bonds. The first kappa shape index (κ1) is 18.2. The van der Waals surface area contributed by atoms with Crippen LogP contribution in [0.1, 0.15) is 41.5 Å². The molecular weight excluding hydrogens is 352 g/mol. The molecule has 1 aliphatic heterocycles. The van der Waals surface area contributed by atoms with Gasteiger partial charge in [-0.25, -0.2) is 9.78 Å². The van der Waals surface area contributed by atoms with E-state index < -0.39 is 0 Å². The van der Waals surface area contributed by atoms with Gasteiger partial charge in [0, 0.05) is 37.6 Å². The third-order valence-corrected chi connectivity index (χ3v) is 5.17. The fourth-order valence-corrected chi connectivity index (χ4v) is 3.61. The number of nitrogens with zero attached hydrogens (tertiary/aromatic N) is 4. The summed E-state index contributed by atoms with van der Waals surface area (Å²) in [7, 11) is 0. The van der Waals surface area contributed by atoms with E-state index in [4.69, 9.17) is 0 Å². The lowest BCUT2D eigenvalue weighted by Gasteiger charge is -2.32. The van der Waals surface area contributed by atoms with Crippen LogP contribution in [0.3, 0.4) is 0 Å². The minimum Gasteiger partial charge on any atom is -0.324 e. The Bertz CT molecular complexity index is 914. The average Bonchev–Trinajstić information content (AvgIpc) is 3.15. The highest BCUT2D eigenvalue weighted by Crippen LogP contribution is 2.27. The summed E-state index contributed by atoms with van der Waals surface area (Å²) in [5.41, 5.74) is 3.22. The number of piperidine rings is 1. The van der Waals surface area contributed by atoms with Crippen LogP contribution < -0.4 is 5.32 Å². The smallest absolute Gasteiger partial charge is 0.321 e. The summed E-state index contributed by atoms with van der Waals surface area (Å²) in [5.74, 6) is 2.09. The van der Waals surface area contributed by atoms with Crippen LogP contribution in [0, 0.1) is 6.92 Å². The third kappa shape index (κ3) is 4.36. The second-order valence-electron chi connectivity index (χ2n) is 7.18. The molecule has 0 unspecified atom stereocenters. The molecule has 0 bridgehead atoms. The number of aromatic amines is 1. The number of pyridine rings is 1. The number of rotatable bonds is 4. The zero-order chi connectivity index (χ0) is 19.3. The normalized spacial score (nSPS) is 14.8. The van der Waals surface area contributed by atoms with Crippen molar-refractivity contribution in [3.05, 3.63) is 71.6 Å². The van der Waals surface area contributed by atoms with Crippen LogP contribution in [0.2, 0.25) is 0 Å². The average molecular weight is 376 g/mol. The fraction of sp³-hybridized carbons (Fsp3) is 0.333. The number of benzene rings is 1. The number of hydrogen-bond acceptors (Lipinski definition) is 4. The van der Waals surface area contributed by atoms with Crippen LogP contribution in [0.25, 0.3) is 0 Å². The van der Waals surface area contributed by atoms with Crippen LogP contribution in [-0.4, -0.2) is 44.2 Å². The molecule has 3 heterocycles. The van der Waals surface area contributed by atoms with Gasteiger partial charge in [0.1, 0.15) is 5.82 Å². The first-order chi connectivity index (χ1) is 13.7. The highest BCUT2D eigenvalue weighted by atomic mass is 16.2. The van der Waals surface area contributed by atoms with Gasteiger partial charge in [-0.3, -0.25) is 10.1 Å². The lowest BCUT2D eigenvalue weighted by molar-refractivity contribution is 0.194. The van der Waals surface area contributed by atoms with Gasteiger partial charge in [-0.15, -0.1) is 0 Å². The molecule has 7 heteroatoms. The van der Waals surface area contributed by atoms with E-state index in [1.807, 2.05) is 48.5 Å². The van der Waals surface area contributed by atoms with Crippen molar-refractivity contribution in [1.29, 1.82) is 0 Å². The van der Waals surface area contributed by atoms with E-state index in [1.54, 1.807) is 0 Å². The van der Waals surface area contributed by atoms with Gasteiger partial charge in [0.2, 0.25) is 0 Å². The van der Waals surface area contributed by atoms with Gasteiger partial charge in [-0.1, -0.05) is 12.1 Å². The lowest BCUT2D eigenvalue weighted by Crippen LogP contribution is -2.40. The molecule has 0 saturated carbocycles.